The molecule has 3 heteroatoms. The molecule has 0 spiro atoms. The largest absolute Gasteiger partial charge is 0.463 e. The maximum Gasteiger partial charge on any atom is 0.330 e. The van der Waals surface area contributed by atoms with Crippen molar-refractivity contribution in [1.29, 1.82) is 0 Å². The van der Waals surface area contributed by atoms with Crippen molar-refractivity contribution in [3.05, 3.63) is 12.2 Å². The SMILES string of the molecule is CCCOC(=O)/C=C/CN. The minimum absolute atomic E-state index is 0.313. The number of nitrogens with two attached hydrogens (primary N) is 1. The molecule has 0 saturated heterocycles. The number of ether oxygens (including phenoxy) is 1. The summed E-state index contributed by atoms with van der Waals surface area (Å²) in [6.07, 6.45) is 3.76. The van der Waals surface area contributed by atoms with Crippen molar-refractivity contribution < 1.29 is 9.53 Å². The Morgan fingerprint density at radius 1 is 1.70 bits per heavy atom. The van der Waals surface area contributed by atoms with E-state index in [1.165, 1.54) is 6.08 Å². The second-order valence-corrected chi connectivity index (χ2v) is 1.81. The fourth-order valence-corrected chi connectivity index (χ4v) is 0.415. The fraction of sp³-hybridized carbons (Fsp3) is 0.571. The second-order valence-electron chi connectivity index (χ2n) is 1.81. The fourth-order valence-electron chi connectivity index (χ4n) is 0.415. The predicted octanol–water partition coefficient (Wildman–Crippen LogP) is 0.455. The average Bonchev–Trinajstić information content (AvgIpc) is 1.97. The normalized spacial score (nSPS) is 10.2. The molecule has 0 fully saturated rings. The van der Waals surface area contributed by atoms with E-state index in [0.717, 1.165) is 6.42 Å². The molecule has 58 valence electrons. The molecule has 0 rings (SSSR count). The minimum Gasteiger partial charge on any atom is -0.463 e. The molecule has 0 aromatic heterocycles. The zero-order valence-corrected chi connectivity index (χ0v) is 6.17. The molecular weight excluding hydrogens is 130 g/mol. The zero-order chi connectivity index (χ0) is 7.82. The quantitative estimate of drug-likeness (QED) is 0.459. The van der Waals surface area contributed by atoms with Crippen molar-refractivity contribution in [2.75, 3.05) is 13.2 Å². The van der Waals surface area contributed by atoms with Crippen molar-refractivity contribution in [3.8, 4) is 0 Å². The van der Waals surface area contributed by atoms with E-state index < -0.39 is 0 Å². The second kappa shape index (κ2) is 6.29. The van der Waals surface area contributed by atoms with Crippen LogP contribution in [0.5, 0.6) is 0 Å². The van der Waals surface area contributed by atoms with Gasteiger partial charge in [-0.3, -0.25) is 0 Å². The monoisotopic (exact) mass is 143 g/mol. The van der Waals surface area contributed by atoms with Gasteiger partial charge in [0.1, 0.15) is 0 Å². The van der Waals surface area contributed by atoms with Gasteiger partial charge < -0.3 is 10.5 Å². The first-order valence-corrected chi connectivity index (χ1v) is 3.34. The highest BCUT2D eigenvalue weighted by Gasteiger charge is 1.91. The van der Waals surface area contributed by atoms with Gasteiger partial charge in [-0.2, -0.15) is 0 Å². The highest BCUT2D eigenvalue weighted by Crippen LogP contribution is 1.83. The molecule has 10 heavy (non-hydrogen) atoms. The molecule has 0 unspecified atom stereocenters. The van der Waals surface area contributed by atoms with E-state index in [-0.39, 0.29) is 5.97 Å². The lowest BCUT2D eigenvalue weighted by Crippen LogP contribution is -2.02. The van der Waals surface area contributed by atoms with Crippen molar-refractivity contribution in [3.63, 3.8) is 0 Å². The maximum atomic E-state index is 10.6. The van der Waals surface area contributed by atoms with Crippen molar-refractivity contribution >= 4 is 5.97 Å². The molecule has 0 atom stereocenters. The number of esters is 1. The molecule has 0 aromatic rings. The highest BCUT2D eigenvalue weighted by molar-refractivity contribution is 5.81. The van der Waals surface area contributed by atoms with Crippen LogP contribution in [-0.4, -0.2) is 19.1 Å². The van der Waals surface area contributed by atoms with Gasteiger partial charge in [-0.25, -0.2) is 4.79 Å². The Balaban J connectivity index is 3.34. The Kier molecular flexibility index (Phi) is 5.77. The third-order valence-corrected chi connectivity index (χ3v) is 0.838. The van der Waals surface area contributed by atoms with E-state index in [1.807, 2.05) is 6.92 Å². The van der Waals surface area contributed by atoms with Gasteiger partial charge in [-0.1, -0.05) is 13.0 Å². The summed E-state index contributed by atoms with van der Waals surface area (Å²) in [4.78, 5) is 10.6. The predicted molar refractivity (Wildman–Crippen MR) is 39.4 cm³/mol. The zero-order valence-electron chi connectivity index (χ0n) is 6.17. The van der Waals surface area contributed by atoms with Crippen LogP contribution < -0.4 is 5.73 Å². The summed E-state index contributed by atoms with van der Waals surface area (Å²) < 4.78 is 4.71. The van der Waals surface area contributed by atoms with Gasteiger partial charge in [0.05, 0.1) is 6.61 Å². The van der Waals surface area contributed by atoms with Crippen LogP contribution in [0.2, 0.25) is 0 Å². The topological polar surface area (TPSA) is 52.3 Å². The van der Waals surface area contributed by atoms with E-state index in [1.54, 1.807) is 6.08 Å². The summed E-state index contributed by atoms with van der Waals surface area (Å²) in [6.45, 7) is 2.80. The van der Waals surface area contributed by atoms with Crippen molar-refractivity contribution in [2.45, 2.75) is 13.3 Å². The van der Waals surface area contributed by atoms with Crippen molar-refractivity contribution in [1.82, 2.24) is 0 Å². The lowest BCUT2D eigenvalue weighted by molar-refractivity contribution is -0.137. The van der Waals surface area contributed by atoms with Crippen LogP contribution in [0, 0.1) is 0 Å². The lowest BCUT2D eigenvalue weighted by Gasteiger charge is -1.95. The summed E-state index contributed by atoms with van der Waals surface area (Å²) in [5.74, 6) is -0.313. The molecule has 0 heterocycles. The van der Waals surface area contributed by atoms with E-state index in [4.69, 9.17) is 10.5 Å². The van der Waals surface area contributed by atoms with Crippen LogP contribution in [0.3, 0.4) is 0 Å². The van der Waals surface area contributed by atoms with E-state index in [2.05, 4.69) is 0 Å². The molecular formula is C7H13NO2. The Morgan fingerprint density at radius 2 is 2.40 bits per heavy atom. The van der Waals surface area contributed by atoms with E-state index >= 15 is 0 Å². The first-order chi connectivity index (χ1) is 4.81. The highest BCUT2D eigenvalue weighted by atomic mass is 16.5. The summed E-state index contributed by atoms with van der Waals surface area (Å²) >= 11 is 0. The molecule has 3 nitrogen and oxygen atoms in total. The Hall–Kier alpha value is -0.830. The van der Waals surface area contributed by atoms with Gasteiger partial charge in [0, 0.05) is 12.6 Å². The molecule has 0 aromatic carbocycles. The van der Waals surface area contributed by atoms with Crippen LogP contribution in [-0.2, 0) is 9.53 Å². The van der Waals surface area contributed by atoms with Gasteiger partial charge in [-0.15, -0.1) is 0 Å². The molecule has 0 aliphatic carbocycles. The molecule has 0 aliphatic heterocycles. The minimum atomic E-state index is -0.313. The lowest BCUT2D eigenvalue weighted by atomic mass is 10.5. The summed E-state index contributed by atoms with van der Waals surface area (Å²) in [7, 11) is 0. The van der Waals surface area contributed by atoms with Gasteiger partial charge in [-0.05, 0) is 6.42 Å². The molecule has 0 saturated carbocycles. The van der Waals surface area contributed by atoms with Crippen LogP contribution >= 0.6 is 0 Å². The third kappa shape index (κ3) is 5.31. The Morgan fingerprint density at radius 3 is 2.90 bits per heavy atom. The average molecular weight is 143 g/mol. The van der Waals surface area contributed by atoms with E-state index in [9.17, 15) is 4.79 Å². The third-order valence-electron chi connectivity index (χ3n) is 0.838. The van der Waals surface area contributed by atoms with E-state index in [0.29, 0.717) is 13.2 Å². The van der Waals surface area contributed by atoms with Gasteiger partial charge in [0.15, 0.2) is 0 Å². The summed E-state index contributed by atoms with van der Waals surface area (Å²) in [6, 6.07) is 0. The number of rotatable bonds is 4. The Bertz CT molecular complexity index is 121. The number of hydrogen-bond donors (Lipinski definition) is 1. The first-order valence-electron chi connectivity index (χ1n) is 3.34. The standard InChI is InChI=1S/C7H13NO2/c1-2-6-10-7(9)4-3-5-8/h3-4H,2,5-6,8H2,1H3/b4-3+. The van der Waals surface area contributed by atoms with Gasteiger partial charge in [0.2, 0.25) is 0 Å². The number of carbonyl (C=O) groups excluding carboxylic acids is 1. The van der Waals surface area contributed by atoms with Crippen LogP contribution in [0.4, 0.5) is 0 Å². The van der Waals surface area contributed by atoms with Crippen molar-refractivity contribution in [2.24, 2.45) is 5.73 Å². The summed E-state index contributed by atoms with van der Waals surface area (Å²) in [5, 5.41) is 0. The Labute approximate surface area is 60.9 Å². The van der Waals surface area contributed by atoms with Crippen LogP contribution in [0.25, 0.3) is 0 Å². The number of carbonyl (C=O) groups is 1. The molecule has 0 amide bonds. The van der Waals surface area contributed by atoms with Crippen LogP contribution in [0.15, 0.2) is 12.2 Å². The smallest absolute Gasteiger partial charge is 0.330 e. The summed E-state index contributed by atoms with van der Waals surface area (Å²) in [5.41, 5.74) is 5.11. The number of hydrogen-bond acceptors (Lipinski definition) is 3. The molecule has 2 N–H and O–H groups in total. The molecule has 0 aliphatic rings. The van der Waals surface area contributed by atoms with Gasteiger partial charge in [0.25, 0.3) is 0 Å². The molecule has 0 bridgehead atoms. The van der Waals surface area contributed by atoms with Crippen LogP contribution in [0.1, 0.15) is 13.3 Å². The first kappa shape index (κ1) is 9.17. The molecule has 0 radical (unpaired) electrons. The maximum absolute atomic E-state index is 10.6. The van der Waals surface area contributed by atoms with Gasteiger partial charge >= 0.3 is 5.97 Å².